The molecule has 7 heteroatoms. The van der Waals surface area contributed by atoms with Gasteiger partial charge in [0, 0.05) is 12.1 Å². The van der Waals surface area contributed by atoms with Gasteiger partial charge in [0.05, 0.1) is 17.3 Å². The second kappa shape index (κ2) is 8.20. The molecule has 6 nitrogen and oxygen atoms in total. The lowest BCUT2D eigenvalue weighted by molar-refractivity contribution is 0.0933. The van der Waals surface area contributed by atoms with E-state index < -0.39 is 0 Å². The summed E-state index contributed by atoms with van der Waals surface area (Å²) in [5.41, 5.74) is 1.54. The van der Waals surface area contributed by atoms with Gasteiger partial charge < -0.3 is 14.3 Å². The molecule has 1 aliphatic heterocycles. The van der Waals surface area contributed by atoms with E-state index in [4.69, 9.17) is 20.5 Å². The van der Waals surface area contributed by atoms with Crippen LogP contribution in [0.1, 0.15) is 40.8 Å². The Bertz CT molecular complexity index is 946. The van der Waals surface area contributed by atoms with Crippen LogP contribution in [0.2, 0.25) is 5.02 Å². The van der Waals surface area contributed by atoms with Crippen molar-refractivity contribution in [3.05, 3.63) is 64.8 Å². The Balaban J connectivity index is 1.55. The van der Waals surface area contributed by atoms with Crippen LogP contribution in [0.5, 0.6) is 0 Å². The highest BCUT2D eigenvalue weighted by atomic mass is 35.5. The zero-order chi connectivity index (χ0) is 19.5. The predicted molar refractivity (Wildman–Crippen MR) is 106 cm³/mol. The molecule has 1 aliphatic rings. The number of amides is 1. The number of benzene rings is 1. The van der Waals surface area contributed by atoms with E-state index in [1.807, 2.05) is 30.3 Å². The summed E-state index contributed by atoms with van der Waals surface area (Å²) in [5.74, 6) is 1.09. The molecule has 0 saturated carbocycles. The molecule has 3 heterocycles. The molecule has 1 unspecified atom stereocenters. The Morgan fingerprint density at radius 3 is 2.75 bits per heavy atom. The fourth-order valence-corrected chi connectivity index (χ4v) is 3.92. The van der Waals surface area contributed by atoms with Crippen molar-refractivity contribution in [2.45, 2.75) is 25.8 Å². The highest BCUT2D eigenvalue weighted by Crippen LogP contribution is 2.31. The summed E-state index contributed by atoms with van der Waals surface area (Å²) in [6, 6.07) is 11.1. The Morgan fingerprint density at radius 2 is 2.04 bits per heavy atom. The van der Waals surface area contributed by atoms with E-state index in [2.05, 4.69) is 15.4 Å². The van der Waals surface area contributed by atoms with Crippen LogP contribution in [0, 0.1) is 6.92 Å². The van der Waals surface area contributed by atoms with E-state index >= 15 is 0 Å². The van der Waals surface area contributed by atoms with E-state index in [0.717, 1.165) is 31.7 Å². The fourth-order valence-electron chi connectivity index (χ4n) is 3.70. The van der Waals surface area contributed by atoms with E-state index in [-0.39, 0.29) is 11.9 Å². The molecule has 1 fully saturated rings. The molecule has 0 radical (unpaired) electrons. The van der Waals surface area contributed by atoms with Crippen molar-refractivity contribution in [2.24, 2.45) is 0 Å². The molecule has 146 valence electrons. The van der Waals surface area contributed by atoms with Gasteiger partial charge >= 0.3 is 0 Å². The first kappa shape index (κ1) is 18.8. The molecular weight excluding hydrogens is 378 g/mol. The van der Waals surface area contributed by atoms with Crippen LogP contribution in [0.3, 0.4) is 0 Å². The first-order valence-corrected chi connectivity index (χ1v) is 9.80. The fraction of sp³-hybridized carbons (Fsp3) is 0.333. The molecule has 0 bridgehead atoms. The van der Waals surface area contributed by atoms with Gasteiger partial charge in [0.2, 0.25) is 0 Å². The molecule has 4 rings (SSSR count). The van der Waals surface area contributed by atoms with Crippen molar-refractivity contribution in [3.8, 4) is 11.3 Å². The number of hydrogen-bond acceptors (Lipinski definition) is 5. The number of carbonyl (C=O) groups is 1. The summed E-state index contributed by atoms with van der Waals surface area (Å²) >= 11 is 6.29. The SMILES string of the molecule is Cc1onc(-c2ccccc2Cl)c1C(=O)NCC(c1ccco1)N1CCCC1. The number of nitrogens with zero attached hydrogens (tertiary/aromatic N) is 2. The van der Waals surface area contributed by atoms with Crippen LogP contribution in [-0.2, 0) is 0 Å². The molecule has 1 atom stereocenters. The first-order valence-electron chi connectivity index (χ1n) is 9.42. The Morgan fingerprint density at radius 1 is 1.25 bits per heavy atom. The Kier molecular flexibility index (Phi) is 5.50. The molecule has 1 saturated heterocycles. The van der Waals surface area contributed by atoms with E-state index in [0.29, 0.717) is 34.1 Å². The van der Waals surface area contributed by atoms with Gasteiger partial charge in [-0.15, -0.1) is 0 Å². The van der Waals surface area contributed by atoms with Gasteiger partial charge in [0.25, 0.3) is 5.91 Å². The largest absolute Gasteiger partial charge is 0.468 e. The average molecular weight is 400 g/mol. The maximum atomic E-state index is 13.0. The van der Waals surface area contributed by atoms with Gasteiger partial charge in [-0.1, -0.05) is 35.0 Å². The van der Waals surface area contributed by atoms with Gasteiger partial charge in [-0.05, 0) is 51.1 Å². The lowest BCUT2D eigenvalue weighted by Crippen LogP contribution is -2.36. The van der Waals surface area contributed by atoms with Crippen LogP contribution in [0.15, 0.2) is 51.6 Å². The summed E-state index contributed by atoms with van der Waals surface area (Å²) in [7, 11) is 0. The minimum Gasteiger partial charge on any atom is -0.468 e. The third-order valence-corrected chi connectivity index (χ3v) is 5.46. The van der Waals surface area contributed by atoms with E-state index in [1.165, 1.54) is 0 Å². The standard InChI is InChI=1S/C21H22ClN3O3/c1-14-19(20(24-28-14)15-7-2-3-8-16(15)22)21(26)23-13-17(18-9-6-12-27-18)25-10-4-5-11-25/h2-3,6-9,12,17H,4-5,10-11,13H2,1H3,(H,23,26). The van der Waals surface area contributed by atoms with E-state index in [1.54, 1.807) is 19.3 Å². The normalized spacial score (nSPS) is 15.6. The number of halogens is 1. The number of carbonyl (C=O) groups excluding carboxylic acids is 1. The second-order valence-corrected chi connectivity index (χ2v) is 7.33. The third-order valence-electron chi connectivity index (χ3n) is 5.13. The summed E-state index contributed by atoms with van der Waals surface area (Å²) < 4.78 is 10.9. The summed E-state index contributed by atoms with van der Waals surface area (Å²) in [4.78, 5) is 15.4. The smallest absolute Gasteiger partial charge is 0.257 e. The summed E-state index contributed by atoms with van der Waals surface area (Å²) in [6.45, 7) is 4.17. The molecule has 3 aromatic rings. The molecule has 2 aromatic heterocycles. The summed E-state index contributed by atoms with van der Waals surface area (Å²) in [6.07, 6.45) is 3.99. The molecule has 0 aliphatic carbocycles. The van der Waals surface area contributed by atoms with Crippen LogP contribution in [-0.4, -0.2) is 35.6 Å². The second-order valence-electron chi connectivity index (χ2n) is 6.93. The van der Waals surface area contributed by atoms with Gasteiger partial charge in [-0.3, -0.25) is 9.69 Å². The molecule has 1 amide bonds. The molecule has 0 spiro atoms. The number of furan rings is 1. The van der Waals surface area contributed by atoms with Gasteiger partial charge in [0.15, 0.2) is 0 Å². The Labute approximate surface area is 168 Å². The topological polar surface area (TPSA) is 71.5 Å². The molecular formula is C21H22ClN3O3. The number of nitrogens with one attached hydrogen (secondary N) is 1. The number of likely N-dealkylation sites (tertiary alicyclic amines) is 1. The lowest BCUT2D eigenvalue weighted by atomic mass is 10.1. The maximum absolute atomic E-state index is 13.0. The van der Waals surface area contributed by atoms with Crippen molar-refractivity contribution in [1.29, 1.82) is 0 Å². The zero-order valence-electron chi connectivity index (χ0n) is 15.7. The van der Waals surface area contributed by atoms with Crippen molar-refractivity contribution >= 4 is 17.5 Å². The van der Waals surface area contributed by atoms with Crippen molar-refractivity contribution in [1.82, 2.24) is 15.4 Å². The number of aromatic nitrogens is 1. The minimum atomic E-state index is -0.232. The van der Waals surface area contributed by atoms with Crippen LogP contribution < -0.4 is 5.32 Å². The average Bonchev–Trinajstić information content (AvgIpc) is 3.44. The quantitative estimate of drug-likeness (QED) is 0.662. The third kappa shape index (κ3) is 3.70. The highest BCUT2D eigenvalue weighted by molar-refractivity contribution is 6.33. The molecule has 28 heavy (non-hydrogen) atoms. The molecule has 1 aromatic carbocycles. The Hall–Kier alpha value is -2.57. The number of rotatable bonds is 6. The zero-order valence-corrected chi connectivity index (χ0v) is 16.4. The van der Waals surface area contributed by atoms with Crippen molar-refractivity contribution < 1.29 is 13.7 Å². The van der Waals surface area contributed by atoms with Crippen molar-refractivity contribution in [2.75, 3.05) is 19.6 Å². The first-order chi connectivity index (χ1) is 13.6. The van der Waals surface area contributed by atoms with Crippen molar-refractivity contribution in [3.63, 3.8) is 0 Å². The number of aryl methyl sites for hydroxylation is 1. The highest BCUT2D eigenvalue weighted by Gasteiger charge is 2.28. The number of hydrogen-bond donors (Lipinski definition) is 1. The minimum absolute atomic E-state index is 0.00498. The van der Waals surface area contributed by atoms with E-state index in [9.17, 15) is 4.79 Å². The predicted octanol–water partition coefficient (Wildman–Crippen LogP) is 4.46. The van der Waals surface area contributed by atoms with Crippen LogP contribution >= 0.6 is 11.6 Å². The monoisotopic (exact) mass is 399 g/mol. The van der Waals surface area contributed by atoms with Gasteiger partial charge in [0.1, 0.15) is 22.8 Å². The van der Waals surface area contributed by atoms with Crippen LogP contribution in [0.4, 0.5) is 0 Å². The van der Waals surface area contributed by atoms with Gasteiger partial charge in [-0.2, -0.15) is 0 Å². The lowest BCUT2D eigenvalue weighted by Gasteiger charge is -2.26. The maximum Gasteiger partial charge on any atom is 0.257 e. The van der Waals surface area contributed by atoms with Gasteiger partial charge in [-0.25, -0.2) is 0 Å². The van der Waals surface area contributed by atoms with Crippen LogP contribution in [0.25, 0.3) is 11.3 Å². The summed E-state index contributed by atoms with van der Waals surface area (Å²) in [5, 5.41) is 7.63. The molecule has 1 N–H and O–H groups in total.